The summed E-state index contributed by atoms with van der Waals surface area (Å²) in [6, 6.07) is 24.4. The smallest absolute Gasteiger partial charge is 0.225 e. The summed E-state index contributed by atoms with van der Waals surface area (Å²) in [6.45, 7) is 2.96. The predicted octanol–water partition coefficient (Wildman–Crippen LogP) is 3.89. The number of anilines is 2. The van der Waals surface area contributed by atoms with Gasteiger partial charge in [0.25, 0.3) is 0 Å². The summed E-state index contributed by atoms with van der Waals surface area (Å²) in [7, 11) is 3.40. The number of nitrogens with one attached hydrogen (secondary N) is 1. The van der Waals surface area contributed by atoms with E-state index in [2.05, 4.69) is 33.3 Å². The van der Waals surface area contributed by atoms with Crippen molar-refractivity contribution in [2.45, 2.75) is 19.0 Å². The minimum atomic E-state index is -0.151. The van der Waals surface area contributed by atoms with E-state index in [1.165, 1.54) is 11.3 Å². The maximum atomic E-state index is 13.5. The second kappa shape index (κ2) is 9.67. The van der Waals surface area contributed by atoms with Gasteiger partial charge in [0.05, 0.1) is 31.9 Å². The molecule has 3 aromatic carbocycles. The molecule has 2 aliphatic rings. The highest BCUT2D eigenvalue weighted by molar-refractivity contribution is 5.82. The maximum absolute atomic E-state index is 13.5. The van der Waals surface area contributed by atoms with Crippen molar-refractivity contribution in [3.8, 4) is 11.5 Å². The highest BCUT2D eigenvalue weighted by atomic mass is 16.5. The Morgan fingerprint density at radius 1 is 0.941 bits per heavy atom. The van der Waals surface area contributed by atoms with E-state index in [0.29, 0.717) is 13.0 Å². The third-order valence-electron chi connectivity index (χ3n) is 7.00. The molecule has 0 saturated carbocycles. The third-order valence-corrected chi connectivity index (χ3v) is 7.00. The molecular weight excluding hydrogens is 426 g/mol. The zero-order chi connectivity index (χ0) is 23.5. The molecule has 6 heteroatoms. The monoisotopic (exact) mass is 457 g/mol. The highest BCUT2D eigenvalue weighted by Crippen LogP contribution is 2.40. The van der Waals surface area contributed by atoms with E-state index in [0.717, 1.165) is 42.4 Å². The van der Waals surface area contributed by atoms with Crippen LogP contribution in [0.25, 0.3) is 0 Å². The Balaban J connectivity index is 1.44. The number of piperazine rings is 1. The van der Waals surface area contributed by atoms with Crippen LogP contribution in [0.3, 0.4) is 0 Å². The number of carbonyl (C=O) groups excluding carboxylic acids is 1. The molecule has 176 valence electrons. The highest BCUT2D eigenvalue weighted by Gasteiger charge is 2.42. The Bertz CT molecular complexity index is 1150. The Kier molecular flexibility index (Phi) is 6.30. The molecule has 0 bridgehead atoms. The molecule has 0 spiro atoms. The fraction of sp³-hybridized carbons (Fsp3) is 0.321. The Labute approximate surface area is 201 Å². The number of hydrogen-bond acceptors (Lipinski definition) is 5. The van der Waals surface area contributed by atoms with Crippen LogP contribution in [-0.4, -0.2) is 45.8 Å². The first-order chi connectivity index (χ1) is 16.7. The summed E-state index contributed by atoms with van der Waals surface area (Å²) in [5, 5.41) is 3.20. The average molecular weight is 458 g/mol. The first-order valence-electron chi connectivity index (χ1n) is 11.8. The molecular formula is C28H31N3O3. The summed E-state index contributed by atoms with van der Waals surface area (Å²) in [5.74, 6) is 1.65. The maximum Gasteiger partial charge on any atom is 0.225 e. The van der Waals surface area contributed by atoms with Crippen LogP contribution in [0.2, 0.25) is 0 Å². The van der Waals surface area contributed by atoms with Gasteiger partial charge < -0.3 is 24.6 Å². The van der Waals surface area contributed by atoms with E-state index in [1.807, 2.05) is 54.6 Å². The fourth-order valence-corrected chi connectivity index (χ4v) is 5.23. The van der Waals surface area contributed by atoms with Crippen LogP contribution < -0.4 is 24.6 Å². The van der Waals surface area contributed by atoms with Gasteiger partial charge in [0.2, 0.25) is 5.91 Å². The van der Waals surface area contributed by atoms with E-state index in [1.54, 1.807) is 14.2 Å². The lowest BCUT2D eigenvalue weighted by atomic mass is 9.83. The van der Waals surface area contributed by atoms with Gasteiger partial charge in [-0.05, 0) is 35.7 Å². The number of para-hydroxylation sites is 2. The lowest BCUT2D eigenvalue weighted by Gasteiger charge is -2.49. The van der Waals surface area contributed by atoms with Gasteiger partial charge in [-0.2, -0.15) is 0 Å². The van der Waals surface area contributed by atoms with Crippen LogP contribution in [0.15, 0.2) is 72.8 Å². The van der Waals surface area contributed by atoms with E-state index in [-0.39, 0.29) is 17.9 Å². The van der Waals surface area contributed by atoms with Crippen molar-refractivity contribution < 1.29 is 14.3 Å². The standard InChI is InChI=1S/C28H31N3O3/c1-33-22-13-12-21-16-23(28(32)29-18-20-8-4-3-5-9-20)26-19-30(14-15-31(26)25(21)17-22)24-10-6-7-11-27(24)34-2/h3-13,17,23,26H,14-16,18-19H2,1-2H3,(H,29,32). The Morgan fingerprint density at radius 2 is 1.74 bits per heavy atom. The van der Waals surface area contributed by atoms with E-state index >= 15 is 0 Å². The van der Waals surface area contributed by atoms with Gasteiger partial charge in [0.1, 0.15) is 11.5 Å². The topological polar surface area (TPSA) is 54.0 Å². The van der Waals surface area contributed by atoms with Crippen LogP contribution in [-0.2, 0) is 17.8 Å². The zero-order valence-electron chi connectivity index (χ0n) is 19.7. The molecule has 0 radical (unpaired) electrons. The molecule has 1 fully saturated rings. The van der Waals surface area contributed by atoms with Gasteiger partial charge in [-0.25, -0.2) is 0 Å². The molecule has 0 aliphatic carbocycles. The van der Waals surface area contributed by atoms with Gasteiger partial charge >= 0.3 is 0 Å². The molecule has 3 aromatic rings. The summed E-state index contributed by atoms with van der Waals surface area (Å²) < 4.78 is 11.1. The number of rotatable bonds is 6. The number of benzene rings is 3. The predicted molar refractivity (Wildman–Crippen MR) is 135 cm³/mol. The van der Waals surface area contributed by atoms with Crippen LogP contribution in [0.1, 0.15) is 11.1 Å². The molecule has 1 saturated heterocycles. The molecule has 0 aromatic heterocycles. The number of fused-ring (bicyclic) bond motifs is 3. The Morgan fingerprint density at radius 3 is 2.53 bits per heavy atom. The molecule has 5 rings (SSSR count). The average Bonchev–Trinajstić information content (AvgIpc) is 2.91. The van der Waals surface area contributed by atoms with E-state index in [9.17, 15) is 4.79 Å². The summed E-state index contributed by atoms with van der Waals surface area (Å²) in [5.41, 5.74) is 4.55. The van der Waals surface area contributed by atoms with Crippen LogP contribution >= 0.6 is 0 Å². The molecule has 2 heterocycles. The SMILES string of the molecule is COc1ccc2c(c1)N1CCN(c3ccccc3OC)CC1C(C(=O)NCc1ccccc1)C2. The van der Waals surface area contributed by atoms with E-state index < -0.39 is 0 Å². The van der Waals surface area contributed by atoms with Crippen LogP contribution in [0.4, 0.5) is 11.4 Å². The van der Waals surface area contributed by atoms with Gasteiger partial charge in [0, 0.05) is 37.9 Å². The molecule has 1 N–H and O–H groups in total. The number of methoxy groups -OCH3 is 2. The molecule has 2 atom stereocenters. The van der Waals surface area contributed by atoms with Crippen LogP contribution in [0, 0.1) is 5.92 Å². The molecule has 34 heavy (non-hydrogen) atoms. The third kappa shape index (κ3) is 4.28. The quantitative estimate of drug-likeness (QED) is 0.609. The normalized spacial score (nSPS) is 19.1. The minimum absolute atomic E-state index is 0.0500. The van der Waals surface area contributed by atoms with Crippen molar-refractivity contribution in [1.82, 2.24) is 5.32 Å². The molecule has 2 unspecified atom stereocenters. The van der Waals surface area contributed by atoms with Crippen molar-refractivity contribution in [3.05, 3.63) is 83.9 Å². The lowest BCUT2D eigenvalue weighted by molar-refractivity contribution is -0.126. The van der Waals surface area contributed by atoms with Crippen molar-refractivity contribution in [1.29, 1.82) is 0 Å². The summed E-state index contributed by atoms with van der Waals surface area (Å²) >= 11 is 0. The van der Waals surface area contributed by atoms with Crippen LogP contribution in [0.5, 0.6) is 11.5 Å². The molecule has 6 nitrogen and oxygen atoms in total. The van der Waals surface area contributed by atoms with Crippen molar-refractivity contribution in [2.75, 3.05) is 43.7 Å². The number of carbonyl (C=O) groups is 1. The first kappa shape index (κ1) is 22.1. The summed E-state index contributed by atoms with van der Waals surface area (Å²) in [6.07, 6.45) is 0.709. The number of nitrogens with zero attached hydrogens (tertiary/aromatic N) is 2. The number of ether oxygens (including phenoxy) is 2. The van der Waals surface area contributed by atoms with E-state index in [4.69, 9.17) is 9.47 Å². The minimum Gasteiger partial charge on any atom is -0.497 e. The second-order valence-corrected chi connectivity index (χ2v) is 8.89. The summed E-state index contributed by atoms with van der Waals surface area (Å²) in [4.78, 5) is 18.3. The Hall–Kier alpha value is -3.67. The second-order valence-electron chi connectivity index (χ2n) is 8.89. The lowest BCUT2D eigenvalue weighted by Crippen LogP contribution is -2.61. The van der Waals surface area contributed by atoms with Gasteiger partial charge in [0.15, 0.2) is 0 Å². The zero-order valence-corrected chi connectivity index (χ0v) is 19.7. The molecule has 2 aliphatic heterocycles. The van der Waals surface area contributed by atoms with Gasteiger partial charge in [-0.1, -0.05) is 48.5 Å². The van der Waals surface area contributed by atoms with Crippen molar-refractivity contribution >= 4 is 17.3 Å². The molecule has 1 amide bonds. The largest absolute Gasteiger partial charge is 0.497 e. The number of hydrogen-bond donors (Lipinski definition) is 1. The number of amides is 1. The van der Waals surface area contributed by atoms with Gasteiger partial charge in [-0.15, -0.1) is 0 Å². The fourth-order valence-electron chi connectivity index (χ4n) is 5.23. The van der Waals surface area contributed by atoms with Crippen molar-refractivity contribution in [2.24, 2.45) is 5.92 Å². The first-order valence-corrected chi connectivity index (χ1v) is 11.8. The van der Waals surface area contributed by atoms with Crippen molar-refractivity contribution in [3.63, 3.8) is 0 Å². The van der Waals surface area contributed by atoms with Gasteiger partial charge in [-0.3, -0.25) is 4.79 Å².